The summed E-state index contributed by atoms with van der Waals surface area (Å²) in [6.07, 6.45) is 0. The van der Waals surface area contributed by atoms with Crippen molar-refractivity contribution < 1.29 is 4.42 Å². The van der Waals surface area contributed by atoms with E-state index >= 15 is 0 Å². The average molecular weight is 459 g/mol. The zero-order chi connectivity index (χ0) is 7.02. The van der Waals surface area contributed by atoms with Crippen molar-refractivity contribution in [3.05, 3.63) is 23.6 Å². The van der Waals surface area contributed by atoms with E-state index in [1.165, 1.54) is 3.57 Å². The van der Waals surface area contributed by atoms with Gasteiger partial charge in [-0.15, -0.1) is 0 Å². The molecule has 1 radical (unpaired) electrons. The van der Waals surface area contributed by atoms with Crippen molar-refractivity contribution >= 4 is 67.8 Å². The lowest BCUT2D eigenvalue weighted by Gasteiger charge is -1.79. The molecule has 0 aliphatic heterocycles. The number of furan rings is 1. The summed E-state index contributed by atoms with van der Waals surface area (Å²) in [5, 5.41) is 0. The maximum atomic E-state index is 5.21. The highest BCUT2D eigenvalue weighted by Gasteiger charge is 2.09. The Hall–Kier alpha value is 1.47. The topological polar surface area (TPSA) is 13.1 Å². The van der Waals surface area contributed by atoms with Crippen LogP contribution in [0.2, 0.25) is 0 Å². The van der Waals surface area contributed by atoms with E-state index in [9.17, 15) is 0 Å². The standard InChI is InChI=1S/C5H2I3O/c1-2-3(6)4(7)5(8)9-2/h1H2. The van der Waals surface area contributed by atoms with Gasteiger partial charge < -0.3 is 4.42 Å². The Balaban J connectivity index is 3.29. The van der Waals surface area contributed by atoms with Gasteiger partial charge in [0, 0.05) is 29.5 Å². The Morgan fingerprint density at radius 3 is 1.78 bits per heavy atom. The van der Waals surface area contributed by atoms with Gasteiger partial charge in [-0.05, 0) is 45.2 Å². The third-order valence-electron chi connectivity index (χ3n) is 0.823. The lowest BCUT2D eigenvalue weighted by Crippen LogP contribution is -1.71. The zero-order valence-corrected chi connectivity index (χ0v) is 10.7. The van der Waals surface area contributed by atoms with Crippen molar-refractivity contribution in [1.82, 2.24) is 0 Å². The van der Waals surface area contributed by atoms with E-state index in [1.807, 2.05) is 0 Å². The smallest absolute Gasteiger partial charge is 0.178 e. The number of halogens is 3. The largest absolute Gasteiger partial charge is 0.453 e. The van der Waals surface area contributed by atoms with Crippen molar-refractivity contribution in [2.45, 2.75) is 0 Å². The number of hydrogen-bond donors (Lipinski definition) is 0. The summed E-state index contributed by atoms with van der Waals surface area (Å²) < 4.78 is 8.43. The first-order valence-corrected chi connectivity index (χ1v) is 5.31. The molecule has 0 saturated carbocycles. The summed E-state index contributed by atoms with van der Waals surface area (Å²) in [6, 6.07) is 0. The molecule has 1 rings (SSSR count). The Morgan fingerprint density at radius 2 is 1.67 bits per heavy atom. The van der Waals surface area contributed by atoms with Gasteiger partial charge in [-0.1, -0.05) is 0 Å². The van der Waals surface area contributed by atoms with Gasteiger partial charge in [0.15, 0.2) is 3.77 Å². The van der Waals surface area contributed by atoms with Crippen LogP contribution in [0, 0.1) is 17.8 Å². The van der Waals surface area contributed by atoms with Crippen LogP contribution in [0.15, 0.2) is 4.42 Å². The molecule has 0 aliphatic rings. The van der Waals surface area contributed by atoms with Crippen LogP contribution in [-0.2, 0) is 0 Å². The highest BCUT2D eigenvalue weighted by molar-refractivity contribution is 14.1. The van der Waals surface area contributed by atoms with Gasteiger partial charge in [-0.25, -0.2) is 0 Å². The van der Waals surface area contributed by atoms with Gasteiger partial charge in [0.1, 0.15) is 5.76 Å². The van der Waals surface area contributed by atoms with Crippen LogP contribution >= 0.6 is 67.8 Å². The van der Waals surface area contributed by atoms with E-state index < -0.39 is 0 Å². The first-order chi connectivity index (χ1) is 4.13. The highest BCUT2D eigenvalue weighted by Crippen LogP contribution is 2.26. The number of rotatable bonds is 0. The van der Waals surface area contributed by atoms with Gasteiger partial charge in [0.05, 0.1) is 7.14 Å². The molecule has 0 spiro atoms. The summed E-state index contributed by atoms with van der Waals surface area (Å²) in [5.74, 6) is 0.768. The van der Waals surface area contributed by atoms with Crippen molar-refractivity contribution in [2.24, 2.45) is 0 Å². The van der Waals surface area contributed by atoms with E-state index in [1.54, 1.807) is 0 Å². The second-order valence-electron chi connectivity index (χ2n) is 1.43. The van der Waals surface area contributed by atoms with Crippen LogP contribution in [-0.4, -0.2) is 0 Å². The molecular weight excluding hydrogens is 457 g/mol. The molecule has 1 aromatic heterocycles. The Bertz CT molecular complexity index is 206. The van der Waals surface area contributed by atoms with Crippen LogP contribution in [0.5, 0.6) is 0 Å². The number of hydrogen-bond acceptors (Lipinski definition) is 1. The minimum atomic E-state index is 0.768. The van der Waals surface area contributed by atoms with Crippen LogP contribution in [0.3, 0.4) is 0 Å². The van der Waals surface area contributed by atoms with E-state index in [0.717, 1.165) is 13.1 Å². The summed E-state index contributed by atoms with van der Waals surface area (Å²) in [6.45, 7) is 3.72. The molecular formula is C5H2I3O. The first kappa shape index (κ1) is 8.57. The molecule has 0 N–H and O–H groups in total. The lowest BCUT2D eigenvalue weighted by atomic mass is 10.5. The molecule has 9 heavy (non-hydrogen) atoms. The molecule has 49 valence electrons. The van der Waals surface area contributed by atoms with E-state index in [4.69, 9.17) is 4.42 Å². The molecule has 0 saturated heterocycles. The summed E-state index contributed by atoms with van der Waals surface area (Å²) in [5.41, 5.74) is 0. The molecule has 0 amide bonds. The zero-order valence-electron chi connectivity index (χ0n) is 4.25. The van der Waals surface area contributed by atoms with E-state index in [0.29, 0.717) is 0 Å². The van der Waals surface area contributed by atoms with E-state index in [-0.39, 0.29) is 0 Å². The quantitative estimate of drug-likeness (QED) is 0.544. The van der Waals surface area contributed by atoms with Crippen LogP contribution in [0.1, 0.15) is 5.76 Å². The predicted octanol–water partition coefficient (Wildman–Crippen LogP) is 3.28. The minimum absolute atomic E-state index is 0.768. The monoisotopic (exact) mass is 459 g/mol. The van der Waals surface area contributed by atoms with Gasteiger partial charge in [-0.2, -0.15) is 0 Å². The summed E-state index contributed by atoms with van der Waals surface area (Å²) in [7, 11) is 0. The Labute approximate surface area is 94.4 Å². The second kappa shape index (κ2) is 3.24. The molecule has 1 nitrogen and oxygen atoms in total. The fourth-order valence-electron chi connectivity index (χ4n) is 0.406. The second-order valence-corrected chi connectivity index (χ2v) is 4.56. The van der Waals surface area contributed by atoms with Crippen LogP contribution in [0.25, 0.3) is 0 Å². The minimum Gasteiger partial charge on any atom is -0.453 e. The molecule has 0 fully saturated rings. The molecule has 0 unspecified atom stereocenters. The third-order valence-corrected chi connectivity index (χ3v) is 5.82. The van der Waals surface area contributed by atoms with E-state index in [2.05, 4.69) is 74.7 Å². The lowest BCUT2D eigenvalue weighted by molar-refractivity contribution is 0.517. The highest BCUT2D eigenvalue weighted by atomic mass is 127. The van der Waals surface area contributed by atoms with Gasteiger partial charge in [0.25, 0.3) is 0 Å². The molecule has 1 aromatic rings. The van der Waals surface area contributed by atoms with Crippen molar-refractivity contribution in [2.75, 3.05) is 0 Å². The Morgan fingerprint density at radius 1 is 1.11 bits per heavy atom. The third kappa shape index (κ3) is 1.73. The molecule has 0 atom stereocenters. The predicted molar refractivity (Wildman–Crippen MR) is 61.3 cm³/mol. The van der Waals surface area contributed by atoms with Crippen molar-refractivity contribution in [3.63, 3.8) is 0 Å². The fourth-order valence-corrected chi connectivity index (χ4v) is 2.22. The Kier molecular flexibility index (Phi) is 3.09. The van der Waals surface area contributed by atoms with Gasteiger partial charge in [-0.3, -0.25) is 0 Å². The van der Waals surface area contributed by atoms with Crippen molar-refractivity contribution in [3.8, 4) is 0 Å². The normalized spacial score (nSPS) is 10.2. The first-order valence-electron chi connectivity index (χ1n) is 2.08. The molecule has 0 bridgehead atoms. The van der Waals surface area contributed by atoms with Crippen LogP contribution in [0.4, 0.5) is 0 Å². The maximum Gasteiger partial charge on any atom is 0.178 e. The average Bonchev–Trinajstić information content (AvgIpc) is 1.98. The molecule has 4 heteroatoms. The molecule has 1 heterocycles. The SMILES string of the molecule is [CH2]c1oc(I)c(I)c1I. The molecule has 0 aliphatic carbocycles. The van der Waals surface area contributed by atoms with Crippen molar-refractivity contribution in [1.29, 1.82) is 0 Å². The van der Waals surface area contributed by atoms with Gasteiger partial charge >= 0.3 is 0 Å². The summed E-state index contributed by atoms with van der Waals surface area (Å²) in [4.78, 5) is 0. The van der Waals surface area contributed by atoms with Crippen LogP contribution < -0.4 is 0 Å². The maximum absolute atomic E-state index is 5.21. The fraction of sp³-hybridized carbons (Fsp3) is 0. The molecule has 0 aromatic carbocycles. The van der Waals surface area contributed by atoms with Gasteiger partial charge in [0.2, 0.25) is 0 Å². The summed E-state index contributed by atoms with van der Waals surface area (Å²) >= 11 is 6.61.